The van der Waals surface area contributed by atoms with Gasteiger partial charge in [-0.15, -0.1) is 0 Å². The van der Waals surface area contributed by atoms with E-state index in [1.807, 2.05) is 24.3 Å². The number of benzene rings is 1. The zero-order valence-electron chi connectivity index (χ0n) is 12.2. The summed E-state index contributed by atoms with van der Waals surface area (Å²) in [6.45, 7) is 7.43. The number of hydrogen-bond acceptors (Lipinski definition) is 3. The fourth-order valence-electron chi connectivity index (χ4n) is 1.91. The van der Waals surface area contributed by atoms with E-state index in [0.29, 0.717) is 5.02 Å². The smallest absolute Gasteiger partial charge is 0.194 e. The predicted molar refractivity (Wildman–Crippen MR) is 83.0 cm³/mol. The normalized spacial score (nSPS) is 11.8. The number of halogens is 1. The number of nitrogens with one attached hydrogen (secondary N) is 1. The van der Waals surface area contributed by atoms with Crippen LogP contribution in [0.5, 0.6) is 0 Å². The summed E-state index contributed by atoms with van der Waals surface area (Å²) in [6, 6.07) is 7.64. The van der Waals surface area contributed by atoms with E-state index in [2.05, 4.69) is 31.1 Å². The third-order valence-electron chi connectivity index (χ3n) is 2.92. The second-order valence-electron chi connectivity index (χ2n) is 5.88. The van der Waals surface area contributed by atoms with Gasteiger partial charge in [-0.05, 0) is 45.9 Å². The molecule has 0 aliphatic carbocycles. The molecule has 0 bridgehead atoms. The average Bonchev–Trinajstić information content (AvgIpc) is 2.83. The Bertz CT molecular complexity index is 558. The Morgan fingerprint density at radius 3 is 2.70 bits per heavy atom. The van der Waals surface area contributed by atoms with Crippen molar-refractivity contribution in [3.05, 3.63) is 41.4 Å². The van der Waals surface area contributed by atoms with Crippen LogP contribution in [0.3, 0.4) is 0 Å². The highest BCUT2D eigenvalue weighted by Crippen LogP contribution is 2.28. The molecule has 1 aromatic carbocycles. The third-order valence-corrected chi connectivity index (χ3v) is 3.25. The zero-order chi connectivity index (χ0) is 14.6. The van der Waals surface area contributed by atoms with E-state index in [4.69, 9.17) is 16.0 Å². The molecule has 20 heavy (non-hydrogen) atoms. The van der Waals surface area contributed by atoms with Crippen LogP contribution in [0.25, 0.3) is 11.3 Å². The van der Waals surface area contributed by atoms with Crippen LogP contribution >= 0.6 is 11.6 Å². The van der Waals surface area contributed by atoms with Crippen molar-refractivity contribution in [3.8, 4) is 11.3 Å². The molecule has 0 atom stereocenters. The number of rotatable bonds is 5. The third kappa shape index (κ3) is 4.36. The van der Waals surface area contributed by atoms with Gasteiger partial charge in [0.15, 0.2) is 11.7 Å². The lowest BCUT2D eigenvalue weighted by Gasteiger charge is -2.20. The number of oxazole rings is 1. The molecule has 108 valence electrons. The second kappa shape index (κ2) is 6.42. The van der Waals surface area contributed by atoms with Crippen molar-refractivity contribution in [1.29, 1.82) is 0 Å². The van der Waals surface area contributed by atoms with Gasteiger partial charge >= 0.3 is 0 Å². The largest absolute Gasteiger partial charge is 0.441 e. The van der Waals surface area contributed by atoms with Crippen molar-refractivity contribution in [2.45, 2.75) is 39.2 Å². The van der Waals surface area contributed by atoms with Crippen molar-refractivity contribution in [3.63, 3.8) is 0 Å². The molecule has 0 spiro atoms. The monoisotopic (exact) mass is 292 g/mol. The maximum absolute atomic E-state index is 6.15. The Morgan fingerprint density at radius 1 is 1.25 bits per heavy atom. The molecular weight excluding hydrogens is 272 g/mol. The minimum atomic E-state index is 0.152. The predicted octanol–water partition coefficient (Wildman–Crippen LogP) is 4.32. The molecule has 0 unspecified atom stereocenters. The Morgan fingerprint density at radius 2 is 2.00 bits per heavy atom. The lowest BCUT2D eigenvalue weighted by molar-refractivity contribution is 0.412. The molecule has 0 fully saturated rings. The fraction of sp³-hybridized carbons (Fsp3) is 0.438. The molecule has 1 aromatic heterocycles. The average molecular weight is 293 g/mol. The summed E-state index contributed by atoms with van der Waals surface area (Å²) in [7, 11) is 0. The Labute approximate surface area is 125 Å². The molecule has 1 N–H and O–H groups in total. The maximum Gasteiger partial charge on any atom is 0.194 e. The van der Waals surface area contributed by atoms with Crippen LogP contribution in [0.15, 0.2) is 34.9 Å². The first-order chi connectivity index (χ1) is 9.46. The summed E-state index contributed by atoms with van der Waals surface area (Å²) in [6.07, 6.45) is 3.57. The van der Waals surface area contributed by atoms with Crippen molar-refractivity contribution in [2.75, 3.05) is 6.54 Å². The van der Waals surface area contributed by atoms with Crippen LogP contribution in [-0.4, -0.2) is 17.1 Å². The lowest BCUT2D eigenvalue weighted by atomic mass is 10.1. The van der Waals surface area contributed by atoms with Gasteiger partial charge in [0.05, 0.1) is 11.2 Å². The van der Waals surface area contributed by atoms with Gasteiger partial charge in [-0.3, -0.25) is 0 Å². The van der Waals surface area contributed by atoms with Crippen molar-refractivity contribution >= 4 is 11.6 Å². The molecule has 0 aliphatic rings. The summed E-state index contributed by atoms with van der Waals surface area (Å²) >= 11 is 6.15. The molecule has 3 nitrogen and oxygen atoms in total. The lowest BCUT2D eigenvalue weighted by Crippen LogP contribution is -2.36. The van der Waals surface area contributed by atoms with Crippen LogP contribution < -0.4 is 5.32 Å². The van der Waals surface area contributed by atoms with Crippen molar-refractivity contribution < 1.29 is 4.42 Å². The molecule has 0 amide bonds. The van der Waals surface area contributed by atoms with Crippen molar-refractivity contribution in [1.82, 2.24) is 10.3 Å². The van der Waals surface area contributed by atoms with Gasteiger partial charge in [0.2, 0.25) is 0 Å². The Hall–Kier alpha value is -1.32. The van der Waals surface area contributed by atoms with Gasteiger partial charge in [0.25, 0.3) is 0 Å². The molecule has 0 radical (unpaired) electrons. The number of hydrogen-bond donors (Lipinski definition) is 1. The zero-order valence-corrected chi connectivity index (χ0v) is 13.0. The van der Waals surface area contributed by atoms with E-state index in [9.17, 15) is 0 Å². The van der Waals surface area contributed by atoms with Gasteiger partial charge in [-0.2, -0.15) is 0 Å². The van der Waals surface area contributed by atoms with E-state index in [1.165, 1.54) is 0 Å². The Balaban J connectivity index is 1.92. The number of nitrogens with zero attached hydrogens (tertiary/aromatic N) is 1. The summed E-state index contributed by atoms with van der Waals surface area (Å²) in [5, 5.41) is 4.13. The fourth-order valence-corrected chi connectivity index (χ4v) is 2.14. The molecule has 0 saturated carbocycles. The molecular formula is C16H21ClN2O. The quantitative estimate of drug-likeness (QED) is 0.834. The molecule has 4 heteroatoms. The van der Waals surface area contributed by atoms with Gasteiger partial charge in [-0.1, -0.05) is 23.7 Å². The Kier molecular flexibility index (Phi) is 4.84. The number of aromatic nitrogens is 1. The second-order valence-corrected chi connectivity index (χ2v) is 6.29. The van der Waals surface area contributed by atoms with Gasteiger partial charge in [0, 0.05) is 17.5 Å². The molecule has 2 aromatic rings. The van der Waals surface area contributed by atoms with Crippen LogP contribution in [0.4, 0.5) is 0 Å². The SMILES string of the molecule is CC(C)(C)NCCCc1ncc(-c2ccccc2Cl)o1. The topological polar surface area (TPSA) is 38.1 Å². The van der Waals surface area contributed by atoms with E-state index in [1.54, 1.807) is 6.20 Å². The first-order valence-electron chi connectivity index (χ1n) is 6.90. The highest BCUT2D eigenvalue weighted by Gasteiger charge is 2.10. The van der Waals surface area contributed by atoms with Crippen molar-refractivity contribution in [2.24, 2.45) is 0 Å². The summed E-state index contributed by atoms with van der Waals surface area (Å²) in [4.78, 5) is 4.31. The highest BCUT2D eigenvalue weighted by molar-refractivity contribution is 6.33. The van der Waals surface area contributed by atoms with E-state index in [0.717, 1.165) is 36.6 Å². The summed E-state index contributed by atoms with van der Waals surface area (Å²) in [5.74, 6) is 1.49. The summed E-state index contributed by atoms with van der Waals surface area (Å²) in [5.41, 5.74) is 1.04. The molecule has 0 saturated heterocycles. The van der Waals surface area contributed by atoms with Gasteiger partial charge < -0.3 is 9.73 Å². The van der Waals surface area contributed by atoms with E-state index in [-0.39, 0.29) is 5.54 Å². The maximum atomic E-state index is 6.15. The highest BCUT2D eigenvalue weighted by atomic mass is 35.5. The standard InChI is InChI=1S/C16H21ClN2O/c1-16(2,3)19-10-6-9-15-18-11-14(20-15)12-7-4-5-8-13(12)17/h4-5,7-8,11,19H,6,9-10H2,1-3H3. The van der Waals surface area contributed by atoms with Gasteiger partial charge in [0.1, 0.15) is 0 Å². The minimum absolute atomic E-state index is 0.152. The van der Waals surface area contributed by atoms with E-state index < -0.39 is 0 Å². The van der Waals surface area contributed by atoms with Crippen LogP contribution in [-0.2, 0) is 6.42 Å². The minimum Gasteiger partial charge on any atom is -0.441 e. The van der Waals surface area contributed by atoms with Crippen LogP contribution in [0.2, 0.25) is 5.02 Å². The van der Waals surface area contributed by atoms with Crippen LogP contribution in [0.1, 0.15) is 33.1 Å². The summed E-state index contributed by atoms with van der Waals surface area (Å²) < 4.78 is 5.76. The number of aryl methyl sites for hydroxylation is 1. The van der Waals surface area contributed by atoms with E-state index >= 15 is 0 Å². The molecule has 2 rings (SSSR count). The first kappa shape index (κ1) is 15.1. The van der Waals surface area contributed by atoms with Gasteiger partial charge in [-0.25, -0.2) is 4.98 Å². The molecule has 0 aliphatic heterocycles. The first-order valence-corrected chi connectivity index (χ1v) is 7.28. The van der Waals surface area contributed by atoms with Crippen LogP contribution in [0, 0.1) is 0 Å². The molecule has 1 heterocycles.